The van der Waals surface area contributed by atoms with Crippen molar-refractivity contribution in [1.29, 1.82) is 0 Å². The van der Waals surface area contributed by atoms with Crippen LogP contribution in [-0.4, -0.2) is 49.0 Å². The Morgan fingerprint density at radius 1 is 1.27 bits per heavy atom. The van der Waals surface area contributed by atoms with E-state index < -0.39 is 5.41 Å². The van der Waals surface area contributed by atoms with E-state index >= 15 is 0 Å². The fourth-order valence-electron chi connectivity index (χ4n) is 2.48. The molecule has 1 heterocycles. The summed E-state index contributed by atoms with van der Waals surface area (Å²) in [5.74, 6) is 0.920. The van der Waals surface area contributed by atoms with E-state index in [9.17, 15) is 4.79 Å². The highest BCUT2D eigenvalue weighted by molar-refractivity contribution is 14.0. The van der Waals surface area contributed by atoms with Crippen LogP contribution in [0.25, 0.3) is 0 Å². The smallest absolute Gasteiger partial charge is 0.227 e. The predicted octanol–water partition coefficient (Wildman–Crippen LogP) is 2.46. The molecule has 22 heavy (non-hydrogen) atoms. The second-order valence-electron chi connectivity index (χ2n) is 7.66. The Bertz CT molecular complexity index is 430. The summed E-state index contributed by atoms with van der Waals surface area (Å²) in [6.45, 7) is 17.2. The first-order valence-electron chi connectivity index (χ1n) is 7.78. The third-order valence-electron chi connectivity index (χ3n) is 4.94. The van der Waals surface area contributed by atoms with Crippen LogP contribution in [0.1, 0.15) is 48.5 Å². The molecule has 1 fully saturated rings. The molecule has 1 aliphatic rings. The number of likely N-dealkylation sites (tertiary alicyclic amines) is 1. The van der Waals surface area contributed by atoms with E-state index in [-0.39, 0.29) is 40.8 Å². The molecule has 1 aliphatic heterocycles. The summed E-state index contributed by atoms with van der Waals surface area (Å²) in [6, 6.07) is 0. The zero-order chi connectivity index (χ0) is 16.5. The molecule has 0 saturated carbocycles. The molecular weight excluding hydrogens is 391 g/mol. The van der Waals surface area contributed by atoms with Gasteiger partial charge in [0.15, 0.2) is 5.96 Å². The monoisotopic (exact) mass is 424 g/mol. The maximum Gasteiger partial charge on any atom is 0.227 e. The lowest BCUT2D eigenvalue weighted by Crippen LogP contribution is -2.72. The first-order chi connectivity index (χ1) is 9.49. The molecule has 0 aliphatic carbocycles. The van der Waals surface area contributed by atoms with Gasteiger partial charge in [-0.1, -0.05) is 13.8 Å². The van der Waals surface area contributed by atoms with Crippen LogP contribution in [0.2, 0.25) is 0 Å². The van der Waals surface area contributed by atoms with Gasteiger partial charge in [-0.25, -0.2) is 0 Å². The number of hydrogen-bond donors (Lipinski definition) is 2. The summed E-state index contributed by atoms with van der Waals surface area (Å²) in [4.78, 5) is 18.9. The number of carbonyl (C=O) groups is 1. The van der Waals surface area contributed by atoms with Gasteiger partial charge in [-0.05, 0) is 34.6 Å². The molecule has 1 amide bonds. The Hall–Kier alpha value is -0.530. The highest BCUT2D eigenvalue weighted by atomic mass is 127. The van der Waals surface area contributed by atoms with Crippen LogP contribution >= 0.6 is 24.0 Å². The third kappa shape index (κ3) is 4.06. The summed E-state index contributed by atoms with van der Waals surface area (Å²) in [5, 5.41) is 6.06. The van der Waals surface area contributed by atoms with Gasteiger partial charge in [-0.3, -0.25) is 9.79 Å². The highest BCUT2D eigenvalue weighted by Gasteiger charge is 2.53. The Morgan fingerprint density at radius 3 is 2.18 bits per heavy atom. The van der Waals surface area contributed by atoms with Crippen molar-refractivity contribution in [2.75, 3.05) is 26.7 Å². The van der Waals surface area contributed by atoms with Crippen molar-refractivity contribution in [3.63, 3.8) is 0 Å². The molecule has 0 spiro atoms. The molecule has 0 bridgehead atoms. The van der Waals surface area contributed by atoms with E-state index in [1.54, 1.807) is 7.05 Å². The minimum absolute atomic E-state index is 0. The van der Waals surface area contributed by atoms with E-state index in [0.717, 1.165) is 19.0 Å². The van der Waals surface area contributed by atoms with E-state index in [4.69, 9.17) is 4.99 Å². The summed E-state index contributed by atoms with van der Waals surface area (Å²) in [5.41, 5.74) is -0.176. The molecule has 130 valence electrons. The minimum Gasteiger partial charge on any atom is -0.359 e. The largest absolute Gasteiger partial charge is 0.359 e. The zero-order valence-electron chi connectivity index (χ0n) is 15.3. The first kappa shape index (κ1) is 21.5. The van der Waals surface area contributed by atoms with Crippen molar-refractivity contribution in [3.8, 4) is 0 Å². The molecule has 0 unspecified atom stereocenters. The number of nitrogens with one attached hydrogen (secondary N) is 2. The maximum atomic E-state index is 11.9. The molecular formula is C16H33IN4O. The topological polar surface area (TPSA) is 56.7 Å². The van der Waals surface area contributed by atoms with E-state index in [1.807, 2.05) is 13.8 Å². The summed E-state index contributed by atoms with van der Waals surface area (Å²) >= 11 is 0. The van der Waals surface area contributed by atoms with Crippen molar-refractivity contribution < 1.29 is 4.79 Å². The standard InChI is InChI=1S/C16H32N4O.HI/c1-9-18-13(19-10-14(2,3)12(21)17-8)20-11-15(4,5)16(20,6)7;/h9-11H2,1-8H3,(H,17,21)(H,18,19);1H. The average molecular weight is 424 g/mol. The number of carbonyl (C=O) groups excluding carboxylic acids is 1. The molecule has 0 aromatic carbocycles. The predicted molar refractivity (Wildman–Crippen MR) is 104 cm³/mol. The molecule has 0 aromatic rings. The number of nitrogens with zero attached hydrogens (tertiary/aromatic N) is 2. The second-order valence-corrected chi connectivity index (χ2v) is 7.66. The van der Waals surface area contributed by atoms with Crippen LogP contribution in [0, 0.1) is 10.8 Å². The van der Waals surface area contributed by atoms with Gasteiger partial charge in [0.2, 0.25) is 5.91 Å². The Labute approximate surface area is 152 Å². The molecule has 1 saturated heterocycles. The highest BCUT2D eigenvalue weighted by Crippen LogP contribution is 2.46. The second kappa shape index (κ2) is 7.36. The van der Waals surface area contributed by atoms with Gasteiger partial charge in [0.25, 0.3) is 0 Å². The van der Waals surface area contributed by atoms with Crippen molar-refractivity contribution >= 4 is 35.8 Å². The Morgan fingerprint density at radius 2 is 1.82 bits per heavy atom. The molecule has 5 nitrogen and oxygen atoms in total. The van der Waals surface area contributed by atoms with Crippen LogP contribution in [0.3, 0.4) is 0 Å². The van der Waals surface area contributed by atoms with Crippen LogP contribution in [-0.2, 0) is 4.79 Å². The molecule has 1 rings (SSSR count). The fraction of sp³-hybridized carbons (Fsp3) is 0.875. The minimum atomic E-state index is -0.500. The van der Waals surface area contributed by atoms with E-state index in [1.165, 1.54) is 0 Å². The number of guanidine groups is 1. The summed E-state index contributed by atoms with van der Waals surface area (Å²) < 4.78 is 0. The number of aliphatic imine (C=N–C) groups is 1. The Kier molecular flexibility index (Phi) is 7.18. The van der Waals surface area contributed by atoms with Gasteiger partial charge in [-0.15, -0.1) is 24.0 Å². The summed E-state index contributed by atoms with van der Waals surface area (Å²) in [6.07, 6.45) is 0. The molecule has 0 atom stereocenters. The maximum absolute atomic E-state index is 11.9. The van der Waals surface area contributed by atoms with Gasteiger partial charge in [-0.2, -0.15) is 0 Å². The van der Waals surface area contributed by atoms with Crippen LogP contribution < -0.4 is 10.6 Å². The number of hydrogen-bond acceptors (Lipinski definition) is 2. The van der Waals surface area contributed by atoms with Crippen molar-refractivity contribution in [1.82, 2.24) is 15.5 Å². The normalized spacial score (nSPS) is 19.8. The van der Waals surface area contributed by atoms with Gasteiger partial charge >= 0.3 is 0 Å². The summed E-state index contributed by atoms with van der Waals surface area (Å²) in [7, 11) is 1.67. The average Bonchev–Trinajstić information content (AvgIpc) is 2.40. The van der Waals surface area contributed by atoms with E-state index in [2.05, 4.69) is 50.2 Å². The van der Waals surface area contributed by atoms with Gasteiger partial charge in [0.05, 0.1) is 12.0 Å². The SMILES string of the molecule is CCNC(=NCC(C)(C)C(=O)NC)N1CC(C)(C)C1(C)C.I. The lowest BCUT2D eigenvalue weighted by atomic mass is 9.65. The number of rotatable bonds is 4. The Balaban J connectivity index is 0.00000441. The zero-order valence-corrected chi connectivity index (χ0v) is 17.7. The number of amides is 1. The fourth-order valence-corrected chi connectivity index (χ4v) is 2.48. The quantitative estimate of drug-likeness (QED) is 0.414. The van der Waals surface area contributed by atoms with Crippen LogP contribution in [0.15, 0.2) is 4.99 Å². The molecule has 0 aromatic heterocycles. The van der Waals surface area contributed by atoms with Crippen molar-refractivity contribution in [3.05, 3.63) is 0 Å². The van der Waals surface area contributed by atoms with Crippen LogP contribution in [0.5, 0.6) is 0 Å². The van der Waals surface area contributed by atoms with E-state index in [0.29, 0.717) is 6.54 Å². The lowest BCUT2D eigenvalue weighted by Gasteiger charge is -2.62. The van der Waals surface area contributed by atoms with Crippen molar-refractivity contribution in [2.24, 2.45) is 15.8 Å². The lowest BCUT2D eigenvalue weighted by molar-refractivity contribution is -0.128. The van der Waals surface area contributed by atoms with Crippen LogP contribution in [0.4, 0.5) is 0 Å². The molecule has 6 heteroatoms. The van der Waals surface area contributed by atoms with Gasteiger partial charge in [0.1, 0.15) is 0 Å². The van der Waals surface area contributed by atoms with Gasteiger partial charge < -0.3 is 15.5 Å². The van der Waals surface area contributed by atoms with Crippen molar-refractivity contribution in [2.45, 2.75) is 54.0 Å². The number of halogens is 1. The molecule has 0 radical (unpaired) electrons. The van der Waals surface area contributed by atoms with Gasteiger partial charge in [0, 0.05) is 31.1 Å². The first-order valence-corrected chi connectivity index (χ1v) is 7.78. The third-order valence-corrected chi connectivity index (χ3v) is 4.94. The molecule has 2 N–H and O–H groups in total.